The van der Waals surface area contributed by atoms with Crippen molar-refractivity contribution >= 4 is 68.2 Å². The number of thiophene rings is 1. The Kier molecular flexibility index (Phi) is 4.54. The van der Waals surface area contributed by atoms with Crippen LogP contribution in [0.15, 0.2) is 62.2 Å². The summed E-state index contributed by atoms with van der Waals surface area (Å²) in [5.74, 6) is -0.641. The molecule has 3 aromatic heterocycles. The molecular weight excluding hydrogens is 449 g/mol. The summed E-state index contributed by atoms with van der Waals surface area (Å²) in [7, 11) is 0. The minimum atomic E-state index is -0.775. The van der Waals surface area contributed by atoms with E-state index in [1.165, 1.54) is 6.07 Å². The van der Waals surface area contributed by atoms with Crippen LogP contribution in [0, 0.1) is 0 Å². The van der Waals surface area contributed by atoms with Gasteiger partial charge in [0.15, 0.2) is 0 Å². The number of aromatic nitrogens is 2. The number of halogens is 2. The van der Waals surface area contributed by atoms with Gasteiger partial charge in [0.1, 0.15) is 15.5 Å². The predicted molar refractivity (Wildman–Crippen MR) is 116 cm³/mol. The number of hydrogen-bond acceptors (Lipinski definition) is 7. The number of nitrogens with one attached hydrogen (secondary N) is 1. The van der Waals surface area contributed by atoms with Gasteiger partial charge in [-0.05, 0) is 29.0 Å². The van der Waals surface area contributed by atoms with Gasteiger partial charge in [-0.2, -0.15) is 0 Å². The van der Waals surface area contributed by atoms with Gasteiger partial charge in [0.05, 0.1) is 9.90 Å². The van der Waals surface area contributed by atoms with Crippen LogP contribution in [-0.2, 0) is 0 Å². The van der Waals surface area contributed by atoms with Crippen molar-refractivity contribution in [1.82, 2.24) is 10.2 Å². The van der Waals surface area contributed by atoms with E-state index in [2.05, 4.69) is 15.5 Å². The highest BCUT2D eigenvalue weighted by atomic mass is 35.5. The van der Waals surface area contributed by atoms with E-state index < -0.39 is 11.5 Å². The number of fused-ring (bicyclic) bond motifs is 3. The number of rotatable bonds is 3. The second-order valence-corrected chi connectivity index (χ2v) is 8.54. The summed E-state index contributed by atoms with van der Waals surface area (Å²) in [6, 6.07) is 14.0. The van der Waals surface area contributed by atoms with Crippen LogP contribution in [0.5, 0.6) is 0 Å². The fourth-order valence-electron chi connectivity index (χ4n) is 3.06. The molecule has 0 atom stereocenters. The van der Waals surface area contributed by atoms with Gasteiger partial charge < -0.3 is 8.83 Å². The number of carbonyl (C=O) groups is 1. The lowest BCUT2D eigenvalue weighted by atomic mass is 10.0. The number of carbonyl (C=O) groups excluding carboxylic acids is 1. The summed E-state index contributed by atoms with van der Waals surface area (Å²) >= 11 is 13.2. The topological polar surface area (TPSA) is 98.2 Å². The highest BCUT2D eigenvalue weighted by Gasteiger charge is 2.20. The van der Waals surface area contributed by atoms with E-state index in [0.717, 1.165) is 22.1 Å². The zero-order chi connectivity index (χ0) is 20.8. The van der Waals surface area contributed by atoms with Gasteiger partial charge in [0.25, 0.3) is 11.8 Å². The number of benzene rings is 2. The molecule has 5 aromatic rings. The van der Waals surface area contributed by atoms with Crippen molar-refractivity contribution in [1.29, 1.82) is 0 Å². The number of anilines is 1. The van der Waals surface area contributed by atoms with Gasteiger partial charge >= 0.3 is 11.6 Å². The van der Waals surface area contributed by atoms with Crippen LogP contribution >= 0.6 is 34.5 Å². The molecule has 1 amide bonds. The maximum Gasteiger partial charge on any atom is 0.349 e. The van der Waals surface area contributed by atoms with E-state index in [1.807, 2.05) is 30.3 Å². The molecule has 2 aromatic carbocycles. The Bertz CT molecular complexity index is 1510. The minimum absolute atomic E-state index is 0.0926. The van der Waals surface area contributed by atoms with Crippen molar-refractivity contribution in [2.45, 2.75) is 0 Å². The summed E-state index contributed by atoms with van der Waals surface area (Å²) in [5, 5.41) is 12.5. The van der Waals surface area contributed by atoms with Crippen molar-refractivity contribution in [3.63, 3.8) is 0 Å². The van der Waals surface area contributed by atoms with Crippen molar-refractivity contribution in [3.05, 3.63) is 73.2 Å². The van der Waals surface area contributed by atoms with Gasteiger partial charge in [-0.15, -0.1) is 16.4 Å². The molecule has 0 saturated carbocycles. The van der Waals surface area contributed by atoms with Crippen molar-refractivity contribution in [2.24, 2.45) is 0 Å². The number of nitrogens with zero attached hydrogens (tertiary/aromatic N) is 2. The molecule has 5 rings (SSSR count). The third-order valence-corrected chi connectivity index (χ3v) is 5.91. The van der Waals surface area contributed by atoms with Gasteiger partial charge in [-0.25, -0.2) is 4.79 Å². The fraction of sp³-hybridized carbons (Fsp3) is 0. The monoisotopic (exact) mass is 457 g/mol. The molecule has 3 heterocycles. The van der Waals surface area contributed by atoms with Crippen LogP contribution in [0.25, 0.3) is 33.2 Å². The number of hydrogen-bond donors (Lipinski definition) is 1. The molecule has 0 radical (unpaired) electrons. The largest absolute Gasteiger partial charge is 0.422 e. The molecule has 7 nitrogen and oxygen atoms in total. The lowest BCUT2D eigenvalue weighted by Gasteiger charge is -2.05. The molecule has 0 fully saturated rings. The van der Waals surface area contributed by atoms with E-state index in [-0.39, 0.29) is 17.5 Å². The van der Waals surface area contributed by atoms with Gasteiger partial charge in [0, 0.05) is 5.39 Å². The second kappa shape index (κ2) is 7.24. The van der Waals surface area contributed by atoms with Gasteiger partial charge in [-0.1, -0.05) is 58.6 Å². The Balaban J connectivity index is 1.51. The molecule has 30 heavy (non-hydrogen) atoms. The molecule has 0 unspecified atom stereocenters. The standard InChI is InChI=1S/C20H9Cl2N3O4S/c21-15-8-12(16(22)30-15)18-24-25-20(29-18)23-17(26)13-7-11-10-4-2-1-3-9(10)5-6-14(11)28-19(13)27/h1-8H,(H,23,25,26). The van der Waals surface area contributed by atoms with Crippen molar-refractivity contribution in [2.75, 3.05) is 5.32 Å². The van der Waals surface area contributed by atoms with Crippen LogP contribution < -0.4 is 10.9 Å². The SMILES string of the molecule is O=C(Nc1nnc(-c2cc(Cl)sc2Cl)o1)c1cc2c(ccc3ccccc32)oc1=O. The second-order valence-electron chi connectivity index (χ2n) is 6.25. The summed E-state index contributed by atoms with van der Waals surface area (Å²) in [6.45, 7) is 0. The van der Waals surface area contributed by atoms with Gasteiger partial charge in [0.2, 0.25) is 0 Å². The molecule has 0 aliphatic heterocycles. The molecular formula is C20H9Cl2N3O4S. The Morgan fingerprint density at radius 2 is 1.83 bits per heavy atom. The van der Waals surface area contributed by atoms with Crippen LogP contribution in [0.3, 0.4) is 0 Å². The van der Waals surface area contributed by atoms with Crippen LogP contribution in [0.2, 0.25) is 8.67 Å². The normalized spacial score (nSPS) is 11.3. The predicted octanol–water partition coefficient (Wildman–Crippen LogP) is 5.62. The average Bonchev–Trinajstić information content (AvgIpc) is 3.32. The lowest BCUT2D eigenvalue weighted by molar-refractivity contribution is 0.102. The highest BCUT2D eigenvalue weighted by Crippen LogP contribution is 2.37. The molecule has 0 aliphatic rings. The first-order valence-corrected chi connectivity index (χ1v) is 10.1. The molecule has 148 valence electrons. The zero-order valence-electron chi connectivity index (χ0n) is 14.8. The smallest absolute Gasteiger partial charge is 0.349 e. The fourth-order valence-corrected chi connectivity index (χ4v) is 4.51. The van der Waals surface area contributed by atoms with Gasteiger partial charge in [-0.3, -0.25) is 10.1 Å². The highest BCUT2D eigenvalue weighted by molar-refractivity contribution is 7.20. The Morgan fingerprint density at radius 3 is 2.63 bits per heavy atom. The summed E-state index contributed by atoms with van der Waals surface area (Å²) in [6.07, 6.45) is 0. The van der Waals surface area contributed by atoms with Crippen LogP contribution in [0.1, 0.15) is 10.4 Å². The first-order valence-electron chi connectivity index (χ1n) is 8.55. The molecule has 0 bridgehead atoms. The Morgan fingerprint density at radius 1 is 1.00 bits per heavy atom. The third kappa shape index (κ3) is 3.24. The summed E-state index contributed by atoms with van der Waals surface area (Å²) in [5.41, 5.74) is -0.117. The third-order valence-electron chi connectivity index (χ3n) is 4.42. The molecule has 1 N–H and O–H groups in total. The first-order chi connectivity index (χ1) is 14.5. The van der Waals surface area contributed by atoms with E-state index in [1.54, 1.807) is 12.1 Å². The Hall–Kier alpha value is -3.20. The van der Waals surface area contributed by atoms with E-state index in [4.69, 9.17) is 32.0 Å². The average molecular weight is 458 g/mol. The molecule has 0 spiro atoms. The molecule has 0 aliphatic carbocycles. The van der Waals surface area contributed by atoms with Crippen molar-refractivity contribution in [3.8, 4) is 11.5 Å². The molecule has 10 heteroatoms. The summed E-state index contributed by atoms with van der Waals surface area (Å²) < 4.78 is 11.6. The zero-order valence-corrected chi connectivity index (χ0v) is 17.1. The van der Waals surface area contributed by atoms with Crippen LogP contribution in [-0.4, -0.2) is 16.1 Å². The quantitative estimate of drug-likeness (QED) is 0.279. The Labute approximate surface area is 181 Å². The number of amides is 1. The minimum Gasteiger partial charge on any atom is -0.422 e. The molecule has 0 saturated heterocycles. The lowest BCUT2D eigenvalue weighted by Crippen LogP contribution is -2.20. The first kappa shape index (κ1) is 18.8. The van der Waals surface area contributed by atoms with E-state index >= 15 is 0 Å². The van der Waals surface area contributed by atoms with Crippen LogP contribution in [0.4, 0.5) is 6.01 Å². The maximum atomic E-state index is 12.7. The maximum absolute atomic E-state index is 12.7. The summed E-state index contributed by atoms with van der Waals surface area (Å²) in [4.78, 5) is 25.0. The van der Waals surface area contributed by atoms with Crippen molar-refractivity contribution < 1.29 is 13.6 Å². The van der Waals surface area contributed by atoms with E-state index in [0.29, 0.717) is 25.2 Å². The van der Waals surface area contributed by atoms with E-state index in [9.17, 15) is 9.59 Å².